The Hall–Kier alpha value is -1.38. The van der Waals surface area contributed by atoms with E-state index in [0.717, 1.165) is 12.8 Å². The summed E-state index contributed by atoms with van der Waals surface area (Å²) in [4.78, 5) is 0. The van der Waals surface area contributed by atoms with Crippen LogP contribution in [0.1, 0.15) is 44.1 Å². The van der Waals surface area contributed by atoms with Gasteiger partial charge in [0.2, 0.25) is 5.82 Å². The summed E-state index contributed by atoms with van der Waals surface area (Å²) in [5, 5.41) is 0. The zero-order valence-corrected chi connectivity index (χ0v) is 12.3. The Kier molecular flexibility index (Phi) is 4.57. The summed E-state index contributed by atoms with van der Waals surface area (Å²) in [6.07, 6.45) is 11.9. The zero-order chi connectivity index (χ0) is 14.7. The van der Waals surface area contributed by atoms with Gasteiger partial charge >= 0.3 is 0 Å². The first kappa shape index (κ1) is 14.6. The molecule has 1 aromatic carbocycles. The standard InChI is InChI=1S/C18H22F2O/c19-17-15(7-3-6-13-4-1-2-5-13)10-11-16(18(17)20)21-12-14-8-9-14/h3,6,10-11,13-14H,1-2,4-5,7-9,12H2/b6-3+. The van der Waals surface area contributed by atoms with Crippen molar-refractivity contribution in [3.63, 3.8) is 0 Å². The molecule has 0 radical (unpaired) electrons. The second kappa shape index (κ2) is 6.59. The molecule has 3 heteroatoms. The average Bonchev–Trinajstić information content (AvgIpc) is 3.17. The molecule has 0 unspecified atom stereocenters. The predicted molar refractivity (Wildman–Crippen MR) is 79.4 cm³/mol. The zero-order valence-electron chi connectivity index (χ0n) is 12.3. The monoisotopic (exact) mass is 292 g/mol. The van der Waals surface area contributed by atoms with Crippen LogP contribution in [0.2, 0.25) is 0 Å². The van der Waals surface area contributed by atoms with Crippen molar-refractivity contribution in [2.75, 3.05) is 6.61 Å². The van der Waals surface area contributed by atoms with E-state index in [-0.39, 0.29) is 5.75 Å². The first-order valence-corrected chi connectivity index (χ1v) is 8.00. The molecule has 1 nitrogen and oxygen atoms in total. The van der Waals surface area contributed by atoms with Crippen molar-refractivity contribution in [3.8, 4) is 5.75 Å². The minimum Gasteiger partial charge on any atom is -0.490 e. The van der Waals surface area contributed by atoms with E-state index in [2.05, 4.69) is 6.08 Å². The molecule has 2 aliphatic rings. The van der Waals surface area contributed by atoms with Gasteiger partial charge in [-0.05, 0) is 55.6 Å². The summed E-state index contributed by atoms with van der Waals surface area (Å²) in [5.41, 5.74) is 0.403. The summed E-state index contributed by atoms with van der Waals surface area (Å²) < 4.78 is 33.3. The summed E-state index contributed by atoms with van der Waals surface area (Å²) in [7, 11) is 0. The van der Waals surface area contributed by atoms with Crippen LogP contribution < -0.4 is 4.74 Å². The molecule has 0 heterocycles. The molecule has 0 aliphatic heterocycles. The lowest BCUT2D eigenvalue weighted by Gasteiger charge is -2.09. The second-order valence-electron chi connectivity index (χ2n) is 6.28. The number of allylic oxidation sites excluding steroid dienone is 2. The molecule has 0 aromatic heterocycles. The van der Waals surface area contributed by atoms with E-state index in [0.29, 0.717) is 30.4 Å². The van der Waals surface area contributed by atoms with Crippen molar-refractivity contribution in [2.45, 2.75) is 44.9 Å². The molecule has 2 fully saturated rings. The van der Waals surface area contributed by atoms with E-state index < -0.39 is 11.6 Å². The molecule has 1 aromatic rings. The number of benzene rings is 1. The Labute approximate surface area is 125 Å². The lowest BCUT2D eigenvalue weighted by molar-refractivity contribution is 0.280. The van der Waals surface area contributed by atoms with Gasteiger partial charge in [-0.2, -0.15) is 4.39 Å². The maximum absolute atomic E-state index is 14.0. The Bertz CT molecular complexity index is 514. The first-order chi connectivity index (χ1) is 10.2. The Morgan fingerprint density at radius 2 is 1.81 bits per heavy atom. The third-order valence-electron chi connectivity index (χ3n) is 4.44. The third kappa shape index (κ3) is 3.84. The number of halogens is 2. The molecule has 2 saturated carbocycles. The predicted octanol–water partition coefficient (Wildman–Crippen LogP) is 5.04. The maximum Gasteiger partial charge on any atom is 0.200 e. The van der Waals surface area contributed by atoms with Crippen molar-refractivity contribution < 1.29 is 13.5 Å². The van der Waals surface area contributed by atoms with Crippen LogP contribution >= 0.6 is 0 Å². The Morgan fingerprint density at radius 3 is 2.52 bits per heavy atom. The normalized spacial score (nSPS) is 19.5. The molecule has 0 spiro atoms. The van der Waals surface area contributed by atoms with Crippen LogP contribution in [0.25, 0.3) is 0 Å². The van der Waals surface area contributed by atoms with Crippen molar-refractivity contribution in [3.05, 3.63) is 41.5 Å². The third-order valence-corrected chi connectivity index (χ3v) is 4.44. The molecule has 21 heavy (non-hydrogen) atoms. The molecule has 3 rings (SSSR count). The van der Waals surface area contributed by atoms with Crippen LogP contribution in [0, 0.1) is 23.5 Å². The summed E-state index contributed by atoms with van der Waals surface area (Å²) >= 11 is 0. The van der Waals surface area contributed by atoms with Gasteiger partial charge in [0.1, 0.15) is 0 Å². The van der Waals surface area contributed by atoms with Crippen LogP contribution in [-0.4, -0.2) is 6.61 Å². The lowest BCUT2D eigenvalue weighted by Crippen LogP contribution is -2.03. The second-order valence-corrected chi connectivity index (χ2v) is 6.28. The van der Waals surface area contributed by atoms with Crippen molar-refractivity contribution in [2.24, 2.45) is 11.8 Å². The maximum atomic E-state index is 14.0. The number of ether oxygens (including phenoxy) is 1. The molecule has 0 bridgehead atoms. The average molecular weight is 292 g/mol. The van der Waals surface area contributed by atoms with Gasteiger partial charge in [0.25, 0.3) is 0 Å². The van der Waals surface area contributed by atoms with Crippen LogP contribution in [0.4, 0.5) is 8.78 Å². The molecule has 114 valence electrons. The lowest BCUT2D eigenvalue weighted by atomic mass is 10.1. The van der Waals surface area contributed by atoms with E-state index in [1.807, 2.05) is 6.08 Å². The van der Waals surface area contributed by atoms with Gasteiger partial charge in [-0.15, -0.1) is 0 Å². The van der Waals surface area contributed by atoms with E-state index in [1.54, 1.807) is 12.1 Å². The van der Waals surface area contributed by atoms with E-state index >= 15 is 0 Å². The first-order valence-electron chi connectivity index (χ1n) is 8.00. The van der Waals surface area contributed by atoms with Gasteiger partial charge in [0, 0.05) is 0 Å². The van der Waals surface area contributed by atoms with Crippen LogP contribution in [0.5, 0.6) is 5.75 Å². The molecule has 0 amide bonds. The highest BCUT2D eigenvalue weighted by atomic mass is 19.2. The van der Waals surface area contributed by atoms with Gasteiger partial charge < -0.3 is 4.74 Å². The van der Waals surface area contributed by atoms with Crippen molar-refractivity contribution in [1.82, 2.24) is 0 Å². The number of rotatable bonds is 6. The SMILES string of the molecule is Fc1c(C/C=C/C2CCCC2)ccc(OCC2CC2)c1F. The summed E-state index contributed by atoms with van der Waals surface area (Å²) in [6.45, 7) is 0.497. The van der Waals surface area contributed by atoms with Crippen LogP contribution in [0.15, 0.2) is 24.3 Å². The fourth-order valence-corrected chi connectivity index (χ4v) is 2.87. The molecular weight excluding hydrogens is 270 g/mol. The Morgan fingerprint density at radius 1 is 1.05 bits per heavy atom. The van der Waals surface area contributed by atoms with E-state index in [9.17, 15) is 8.78 Å². The minimum absolute atomic E-state index is 0.0444. The molecule has 0 atom stereocenters. The van der Waals surface area contributed by atoms with Crippen molar-refractivity contribution >= 4 is 0 Å². The smallest absolute Gasteiger partial charge is 0.200 e. The fraction of sp³-hybridized carbons (Fsp3) is 0.556. The minimum atomic E-state index is -0.845. The van der Waals surface area contributed by atoms with Gasteiger partial charge in [-0.25, -0.2) is 4.39 Å². The molecular formula is C18H22F2O. The van der Waals surface area contributed by atoms with Gasteiger partial charge in [-0.3, -0.25) is 0 Å². The highest BCUT2D eigenvalue weighted by Gasteiger charge is 2.23. The van der Waals surface area contributed by atoms with Crippen LogP contribution in [0.3, 0.4) is 0 Å². The highest BCUT2D eigenvalue weighted by Crippen LogP contribution is 2.31. The summed E-state index contributed by atoms with van der Waals surface area (Å²) in [6, 6.07) is 3.19. The largest absolute Gasteiger partial charge is 0.490 e. The topological polar surface area (TPSA) is 9.23 Å². The number of hydrogen-bond donors (Lipinski definition) is 0. The van der Waals surface area contributed by atoms with Gasteiger partial charge in [0.05, 0.1) is 6.61 Å². The molecule has 0 N–H and O–H groups in total. The summed E-state index contributed by atoms with van der Waals surface area (Å²) in [5.74, 6) is -0.412. The van der Waals surface area contributed by atoms with Gasteiger partial charge in [0.15, 0.2) is 11.6 Å². The molecule has 2 aliphatic carbocycles. The quantitative estimate of drug-likeness (QED) is 0.667. The number of hydrogen-bond acceptors (Lipinski definition) is 1. The fourth-order valence-electron chi connectivity index (χ4n) is 2.87. The van der Waals surface area contributed by atoms with Gasteiger partial charge in [-0.1, -0.05) is 31.1 Å². The Balaban J connectivity index is 1.60. The van der Waals surface area contributed by atoms with Crippen LogP contribution in [-0.2, 0) is 6.42 Å². The van der Waals surface area contributed by atoms with E-state index in [4.69, 9.17) is 4.74 Å². The highest BCUT2D eigenvalue weighted by molar-refractivity contribution is 5.32. The van der Waals surface area contributed by atoms with E-state index in [1.165, 1.54) is 25.7 Å². The van der Waals surface area contributed by atoms with Crippen molar-refractivity contribution in [1.29, 1.82) is 0 Å². The molecule has 0 saturated heterocycles.